The number of carbonyl (C=O) groups excluding carboxylic acids is 2. The molecule has 0 saturated carbocycles. The van der Waals surface area contributed by atoms with E-state index in [1.54, 1.807) is 6.92 Å². The number of hydrogen-bond donors (Lipinski definition) is 0. The molecule has 72 valence electrons. The van der Waals surface area contributed by atoms with Crippen LogP contribution in [0.2, 0.25) is 0 Å². The molecule has 0 aromatic carbocycles. The molecule has 0 aliphatic heterocycles. The first-order valence-electron chi connectivity index (χ1n) is 4.31. The molecule has 0 aliphatic carbocycles. The average molecular weight is 182 g/mol. The molecule has 0 bridgehead atoms. The Morgan fingerprint density at radius 1 is 1.38 bits per heavy atom. The fourth-order valence-electron chi connectivity index (χ4n) is 0.801. The SMILES string of the molecule is C#CCOC(=O)CCCC(=O)CC. The second-order valence-electron chi connectivity index (χ2n) is 2.61. The Morgan fingerprint density at radius 2 is 2.08 bits per heavy atom. The van der Waals surface area contributed by atoms with Gasteiger partial charge in [0.2, 0.25) is 0 Å². The Balaban J connectivity index is 3.38. The van der Waals surface area contributed by atoms with Gasteiger partial charge in [-0.05, 0) is 6.42 Å². The Labute approximate surface area is 78.5 Å². The molecule has 0 aromatic rings. The zero-order valence-corrected chi connectivity index (χ0v) is 7.84. The number of rotatable bonds is 6. The van der Waals surface area contributed by atoms with Crippen molar-refractivity contribution in [2.24, 2.45) is 0 Å². The van der Waals surface area contributed by atoms with Crippen molar-refractivity contribution in [2.75, 3.05) is 6.61 Å². The van der Waals surface area contributed by atoms with Crippen LogP contribution in [0.1, 0.15) is 32.6 Å². The molecular weight excluding hydrogens is 168 g/mol. The van der Waals surface area contributed by atoms with E-state index >= 15 is 0 Å². The summed E-state index contributed by atoms with van der Waals surface area (Å²) in [5.74, 6) is 2.04. The fraction of sp³-hybridized carbons (Fsp3) is 0.600. The molecule has 0 saturated heterocycles. The largest absolute Gasteiger partial charge is 0.452 e. The van der Waals surface area contributed by atoms with Crippen molar-refractivity contribution >= 4 is 11.8 Å². The summed E-state index contributed by atoms with van der Waals surface area (Å²) in [5, 5.41) is 0. The third-order valence-corrected chi connectivity index (χ3v) is 1.55. The van der Waals surface area contributed by atoms with Gasteiger partial charge >= 0.3 is 5.97 Å². The van der Waals surface area contributed by atoms with Crippen LogP contribution in [0.15, 0.2) is 0 Å². The molecule has 0 radical (unpaired) electrons. The third kappa shape index (κ3) is 7.07. The van der Waals surface area contributed by atoms with E-state index in [4.69, 9.17) is 6.42 Å². The standard InChI is InChI=1S/C10H14O3/c1-3-8-13-10(12)7-5-6-9(11)4-2/h1H,4-8H2,2H3. The van der Waals surface area contributed by atoms with Gasteiger partial charge in [0, 0.05) is 19.3 Å². The van der Waals surface area contributed by atoms with Gasteiger partial charge in [0.15, 0.2) is 6.61 Å². The van der Waals surface area contributed by atoms with Gasteiger partial charge in [-0.25, -0.2) is 0 Å². The van der Waals surface area contributed by atoms with Crippen LogP contribution in [0.5, 0.6) is 0 Å². The van der Waals surface area contributed by atoms with Crippen molar-refractivity contribution in [1.29, 1.82) is 0 Å². The highest BCUT2D eigenvalue weighted by atomic mass is 16.5. The molecule has 0 rings (SSSR count). The molecule has 3 heteroatoms. The van der Waals surface area contributed by atoms with E-state index in [-0.39, 0.29) is 24.8 Å². The lowest BCUT2D eigenvalue weighted by molar-refractivity contribution is -0.142. The molecule has 0 amide bonds. The van der Waals surface area contributed by atoms with Crippen LogP contribution in [-0.2, 0) is 14.3 Å². The van der Waals surface area contributed by atoms with E-state index in [0.717, 1.165) is 0 Å². The van der Waals surface area contributed by atoms with Crippen molar-refractivity contribution in [3.05, 3.63) is 0 Å². The maximum atomic E-state index is 10.8. The molecule has 0 unspecified atom stereocenters. The number of terminal acetylenes is 1. The minimum Gasteiger partial charge on any atom is -0.452 e. The van der Waals surface area contributed by atoms with Crippen LogP contribution < -0.4 is 0 Å². The highest BCUT2D eigenvalue weighted by molar-refractivity contribution is 5.78. The highest BCUT2D eigenvalue weighted by Gasteiger charge is 2.03. The second-order valence-corrected chi connectivity index (χ2v) is 2.61. The number of ketones is 1. The Hall–Kier alpha value is -1.30. The summed E-state index contributed by atoms with van der Waals surface area (Å²) in [7, 11) is 0. The van der Waals surface area contributed by atoms with Crippen LogP contribution in [0, 0.1) is 12.3 Å². The number of carbonyl (C=O) groups is 2. The van der Waals surface area contributed by atoms with Crippen LogP contribution in [-0.4, -0.2) is 18.4 Å². The molecule has 0 atom stereocenters. The first-order chi connectivity index (χ1) is 6.20. The first kappa shape index (κ1) is 11.7. The summed E-state index contributed by atoms with van der Waals surface area (Å²) in [4.78, 5) is 21.7. The van der Waals surface area contributed by atoms with E-state index < -0.39 is 0 Å². The normalized spacial score (nSPS) is 8.92. The first-order valence-corrected chi connectivity index (χ1v) is 4.31. The lowest BCUT2D eigenvalue weighted by Crippen LogP contribution is -2.05. The van der Waals surface area contributed by atoms with Gasteiger partial charge < -0.3 is 4.74 Å². The lowest BCUT2D eigenvalue weighted by Gasteiger charge is -1.99. The maximum Gasteiger partial charge on any atom is 0.306 e. The smallest absolute Gasteiger partial charge is 0.306 e. The molecule has 0 fully saturated rings. The minimum absolute atomic E-state index is 0.0144. The fourth-order valence-corrected chi connectivity index (χ4v) is 0.801. The molecule has 0 spiro atoms. The third-order valence-electron chi connectivity index (χ3n) is 1.55. The molecular formula is C10H14O3. The lowest BCUT2D eigenvalue weighted by atomic mass is 10.1. The molecule has 0 aliphatic rings. The number of Topliss-reactive ketones (excluding diaryl/α,β-unsaturated/α-hetero) is 1. The van der Waals surface area contributed by atoms with E-state index in [2.05, 4.69) is 10.7 Å². The molecule has 0 N–H and O–H groups in total. The van der Waals surface area contributed by atoms with Crippen molar-refractivity contribution in [2.45, 2.75) is 32.6 Å². The quantitative estimate of drug-likeness (QED) is 0.459. The second kappa shape index (κ2) is 7.35. The van der Waals surface area contributed by atoms with Crippen LogP contribution in [0.3, 0.4) is 0 Å². The molecule has 0 aromatic heterocycles. The predicted octanol–water partition coefficient (Wildman–Crippen LogP) is 1.31. The Bertz CT molecular complexity index is 213. The Morgan fingerprint density at radius 3 is 2.62 bits per heavy atom. The van der Waals surface area contributed by atoms with Gasteiger partial charge in [0.1, 0.15) is 5.78 Å². The maximum absolute atomic E-state index is 10.8. The average Bonchev–Trinajstić information content (AvgIpc) is 2.14. The van der Waals surface area contributed by atoms with Gasteiger partial charge in [-0.15, -0.1) is 6.42 Å². The summed E-state index contributed by atoms with van der Waals surface area (Å²) in [5.41, 5.74) is 0. The topological polar surface area (TPSA) is 43.4 Å². The van der Waals surface area contributed by atoms with Gasteiger partial charge in [0.05, 0.1) is 0 Å². The monoisotopic (exact) mass is 182 g/mol. The summed E-state index contributed by atoms with van der Waals surface area (Å²) in [6.45, 7) is 1.82. The van der Waals surface area contributed by atoms with Crippen molar-refractivity contribution in [3.63, 3.8) is 0 Å². The zero-order valence-electron chi connectivity index (χ0n) is 7.84. The minimum atomic E-state index is -0.332. The van der Waals surface area contributed by atoms with E-state index in [0.29, 0.717) is 19.3 Å². The van der Waals surface area contributed by atoms with Crippen LogP contribution in [0.25, 0.3) is 0 Å². The number of ether oxygens (including phenoxy) is 1. The van der Waals surface area contributed by atoms with Crippen molar-refractivity contribution < 1.29 is 14.3 Å². The summed E-state index contributed by atoms with van der Waals surface area (Å²) in [6, 6.07) is 0. The van der Waals surface area contributed by atoms with Gasteiger partial charge in [0.25, 0.3) is 0 Å². The number of hydrogen-bond acceptors (Lipinski definition) is 3. The molecule has 13 heavy (non-hydrogen) atoms. The summed E-state index contributed by atoms with van der Waals surface area (Å²) >= 11 is 0. The number of esters is 1. The predicted molar refractivity (Wildman–Crippen MR) is 48.9 cm³/mol. The van der Waals surface area contributed by atoms with Crippen molar-refractivity contribution in [3.8, 4) is 12.3 Å². The van der Waals surface area contributed by atoms with E-state index in [1.165, 1.54) is 0 Å². The van der Waals surface area contributed by atoms with Gasteiger partial charge in [-0.2, -0.15) is 0 Å². The van der Waals surface area contributed by atoms with Crippen molar-refractivity contribution in [1.82, 2.24) is 0 Å². The van der Waals surface area contributed by atoms with Gasteiger partial charge in [-0.3, -0.25) is 9.59 Å². The summed E-state index contributed by atoms with van der Waals surface area (Å²) in [6.07, 6.45) is 6.69. The van der Waals surface area contributed by atoms with Crippen LogP contribution in [0.4, 0.5) is 0 Å². The molecule has 3 nitrogen and oxygen atoms in total. The zero-order chi connectivity index (χ0) is 10.1. The summed E-state index contributed by atoms with van der Waals surface area (Å²) < 4.78 is 4.62. The van der Waals surface area contributed by atoms with Crippen LogP contribution >= 0.6 is 0 Å². The highest BCUT2D eigenvalue weighted by Crippen LogP contribution is 2.00. The Kier molecular flexibility index (Phi) is 6.62. The van der Waals surface area contributed by atoms with E-state index in [1.807, 2.05) is 0 Å². The van der Waals surface area contributed by atoms with E-state index in [9.17, 15) is 9.59 Å². The molecule has 0 heterocycles. The van der Waals surface area contributed by atoms with Gasteiger partial charge in [-0.1, -0.05) is 12.8 Å².